The maximum atomic E-state index is 9.56. The summed E-state index contributed by atoms with van der Waals surface area (Å²) >= 11 is 0. The van der Waals surface area contributed by atoms with Crippen LogP contribution in [0.4, 0.5) is 5.69 Å². The molecule has 1 aliphatic heterocycles. The number of nitrogens with zero attached hydrogens (tertiary/aromatic N) is 1. The molecule has 2 aromatic carbocycles. The first-order chi connectivity index (χ1) is 10.2. The summed E-state index contributed by atoms with van der Waals surface area (Å²) < 4.78 is 6.00. The van der Waals surface area contributed by atoms with Gasteiger partial charge in [-0.05, 0) is 42.8 Å². The Balaban J connectivity index is 2.05. The highest BCUT2D eigenvalue weighted by Crippen LogP contribution is 2.37. The molecule has 0 amide bonds. The lowest BCUT2D eigenvalue weighted by Crippen LogP contribution is -2.30. The molecule has 2 aromatic rings. The second kappa shape index (κ2) is 5.48. The van der Waals surface area contributed by atoms with Crippen LogP contribution in [0.5, 0.6) is 17.2 Å². The molecule has 4 heteroatoms. The number of rotatable bonds is 3. The van der Waals surface area contributed by atoms with E-state index in [9.17, 15) is 10.2 Å². The molecule has 2 N–H and O–H groups in total. The molecule has 0 spiro atoms. The average Bonchev–Trinajstić information content (AvgIpc) is 2.48. The van der Waals surface area contributed by atoms with Gasteiger partial charge in [0.1, 0.15) is 29.0 Å². The predicted octanol–water partition coefficient (Wildman–Crippen LogP) is 3.78. The molecule has 3 rings (SSSR count). The van der Waals surface area contributed by atoms with Gasteiger partial charge >= 0.3 is 0 Å². The van der Waals surface area contributed by atoms with Crippen molar-refractivity contribution in [3.8, 4) is 17.2 Å². The van der Waals surface area contributed by atoms with Crippen LogP contribution in [0.1, 0.15) is 25.3 Å². The fourth-order valence-corrected chi connectivity index (χ4v) is 2.44. The van der Waals surface area contributed by atoms with Crippen LogP contribution in [-0.2, 0) is 0 Å². The zero-order chi connectivity index (χ0) is 14.8. The van der Waals surface area contributed by atoms with E-state index >= 15 is 0 Å². The summed E-state index contributed by atoms with van der Waals surface area (Å²) in [7, 11) is 0. The van der Waals surface area contributed by atoms with E-state index in [1.807, 2.05) is 12.1 Å². The molecule has 0 saturated heterocycles. The number of ether oxygens (including phenoxy) is 1. The van der Waals surface area contributed by atoms with Gasteiger partial charge < -0.3 is 14.9 Å². The number of aromatic hydroxyl groups is 2. The van der Waals surface area contributed by atoms with Crippen LogP contribution < -0.4 is 4.74 Å². The summed E-state index contributed by atoms with van der Waals surface area (Å²) in [5.74, 6) is 1.01. The van der Waals surface area contributed by atoms with Gasteiger partial charge in [-0.25, -0.2) is 4.99 Å². The highest BCUT2D eigenvalue weighted by molar-refractivity contribution is 6.06. The summed E-state index contributed by atoms with van der Waals surface area (Å²) in [6.07, 6.45) is 1.67. The largest absolute Gasteiger partial charge is 0.508 e. The third-order valence-electron chi connectivity index (χ3n) is 3.47. The second-order valence-electron chi connectivity index (χ2n) is 5.09. The van der Waals surface area contributed by atoms with E-state index in [0.29, 0.717) is 11.4 Å². The van der Waals surface area contributed by atoms with Gasteiger partial charge in [-0.3, -0.25) is 0 Å². The molecule has 108 valence electrons. The molecule has 4 nitrogen and oxygen atoms in total. The Morgan fingerprint density at radius 1 is 1.05 bits per heavy atom. The standard InChI is InChI=1S/C17H17NO3/c1-2-3-15-17(11-4-6-12(19)7-5-11)18-14-9-8-13(20)10-16(14)21-15/h4-10,15,19-20H,2-3H2,1H3. The van der Waals surface area contributed by atoms with Crippen LogP contribution in [-0.4, -0.2) is 22.0 Å². The Morgan fingerprint density at radius 3 is 2.48 bits per heavy atom. The van der Waals surface area contributed by atoms with Crippen molar-refractivity contribution in [3.05, 3.63) is 48.0 Å². The number of hydrogen-bond donors (Lipinski definition) is 2. The van der Waals surface area contributed by atoms with E-state index in [2.05, 4.69) is 11.9 Å². The molecule has 1 heterocycles. The topological polar surface area (TPSA) is 62.0 Å². The quantitative estimate of drug-likeness (QED) is 0.901. The van der Waals surface area contributed by atoms with Crippen LogP contribution >= 0.6 is 0 Å². The van der Waals surface area contributed by atoms with Gasteiger partial charge in [-0.2, -0.15) is 0 Å². The number of phenols is 2. The first-order valence-corrected chi connectivity index (χ1v) is 7.05. The molecule has 1 aliphatic rings. The third kappa shape index (κ3) is 2.70. The normalized spacial score (nSPS) is 16.8. The van der Waals surface area contributed by atoms with Crippen LogP contribution in [0.3, 0.4) is 0 Å². The smallest absolute Gasteiger partial charge is 0.149 e. The maximum Gasteiger partial charge on any atom is 0.149 e. The van der Waals surface area contributed by atoms with E-state index in [-0.39, 0.29) is 17.6 Å². The number of phenolic OH excluding ortho intramolecular Hbond substituents is 2. The lowest BCUT2D eigenvalue weighted by molar-refractivity contribution is 0.250. The third-order valence-corrected chi connectivity index (χ3v) is 3.47. The summed E-state index contributed by atoms with van der Waals surface area (Å²) in [5.41, 5.74) is 2.50. The Bertz CT molecular complexity index is 677. The molecule has 1 atom stereocenters. The molecule has 0 saturated carbocycles. The number of hydrogen-bond acceptors (Lipinski definition) is 4. The maximum absolute atomic E-state index is 9.56. The van der Waals surface area contributed by atoms with Crippen LogP contribution in [0, 0.1) is 0 Å². The van der Waals surface area contributed by atoms with Gasteiger partial charge in [0.2, 0.25) is 0 Å². The van der Waals surface area contributed by atoms with Crippen molar-refractivity contribution in [1.29, 1.82) is 0 Å². The van der Waals surface area contributed by atoms with Crippen LogP contribution in [0.25, 0.3) is 0 Å². The number of benzene rings is 2. The van der Waals surface area contributed by atoms with Gasteiger partial charge in [0.25, 0.3) is 0 Å². The fraction of sp³-hybridized carbons (Fsp3) is 0.235. The van der Waals surface area contributed by atoms with Crippen molar-refractivity contribution in [3.63, 3.8) is 0 Å². The molecule has 0 radical (unpaired) electrons. The van der Waals surface area contributed by atoms with Crippen molar-refractivity contribution in [2.75, 3.05) is 0 Å². The van der Waals surface area contributed by atoms with Crippen molar-refractivity contribution in [2.45, 2.75) is 25.9 Å². The first kappa shape index (κ1) is 13.5. The molecule has 0 bridgehead atoms. The fourth-order valence-electron chi connectivity index (χ4n) is 2.44. The molecule has 0 aliphatic carbocycles. The molecule has 21 heavy (non-hydrogen) atoms. The monoisotopic (exact) mass is 283 g/mol. The Morgan fingerprint density at radius 2 is 1.76 bits per heavy atom. The highest BCUT2D eigenvalue weighted by Gasteiger charge is 2.25. The summed E-state index contributed by atoms with van der Waals surface area (Å²) in [4.78, 5) is 4.69. The highest BCUT2D eigenvalue weighted by atomic mass is 16.5. The predicted molar refractivity (Wildman–Crippen MR) is 81.7 cm³/mol. The van der Waals surface area contributed by atoms with Gasteiger partial charge in [0.05, 0.1) is 5.71 Å². The van der Waals surface area contributed by atoms with Crippen LogP contribution in [0.15, 0.2) is 47.5 Å². The summed E-state index contributed by atoms with van der Waals surface area (Å²) in [6.45, 7) is 2.09. The van der Waals surface area contributed by atoms with Crippen molar-refractivity contribution < 1.29 is 14.9 Å². The zero-order valence-corrected chi connectivity index (χ0v) is 11.8. The van der Waals surface area contributed by atoms with Gasteiger partial charge in [0.15, 0.2) is 0 Å². The lowest BCUT2D eigenvalue weighted by atomic mass is 10.00. The molecular weight excluding hydrogens is 266 g/mol. The Hall–Kier alpha value is -2.49. The average molecular weight is 283 g/mol. The van der Waals surface area contributed by atoms with E-state index in [1.54, 1.807) is 30.3 Å². The Labute approximate surface area is 123 Å². The van der Waals surface area contributed by atoms with Crippen LogP contribution in [0.2, 0.25) is 0 Å². The van der Waals surface area contributed by atoms with E-state index < -0.39 is 0 Å². The van der Waals surface area contributed by atoms with Gasteiger partial charge in [-0.1, -0.05) is 13.3 Å². The summed E-state index contributed by atoms with van der Waals surface area (Å²) in [6, 6.07) is 11.9. The van der Waals surface area contributed by atoms with E-state index in [1.165, 1.54) is 0 Å². The van der Waals surface area contributed by atoms with Crippen molar-refractivity contribution in [2.24, 2.45) is 4.99 Å². The lowest BCUT2D eigenvalue weighted by Gasteiger charge is -2.26. The first-order valence-electron chi connectivity index (χ1n) is 7.05. The number of fused-ring (bicyclic) bond motifs is 1. The minimum Gasteiger partial charge on any atom is -0.508 e. The van der Waals surface area contributed by atoms with Gasteiger partial charge in [0, 0.05) is 11.6 Å². The summed E-state index contributed by atoms with van der Waals surface area (Å²) in [5, 5.41) is 19.0. The molecular formula is C17H17NO3. The van der Waals surface area contributed by atoms with E-state index in [4.69, 9.17) is 4.74 Å². The number of aliphatic imine (C=N–C) groups is 1. The molecule has 1 unspecified atom stereocenters. The van der Waals surface area contributed by atoms with E-state index in [0.717, 1.165) is 24.1 Å². The van der Waals surface area contributed by atoms with Crippen molar-refractivity contribution in [1.82, 2.24) is 0 Å². The minimum absolute atomic E-state index is 0.145. The SMILES string of the molecule is CCCC1Oc2cc(O)ccc2N=C1c1ccc(O)cc1. The van der Waals surface area contributed by atoms with Gasteiger partial charge in [-0.15, -0.1) is 0 Å². The minimum atomic E-state index is -0.145. The molecule has 0 fully saturated rings. The molecule has 0 aromatic heterocycles. The second-order valence-corrected chi connectivity index (χ2v) is 5.09. The zero-order valence-electron chi connectivity index (χ0n) is 11.8. The van der Waals surface area contributed by atoms with Crippen molar-refractivity contribution >= 4 is 11.4 Å². The Kier molecular flexibility index (Phi) is 3.52.